The summed E-state index contributed by atoms with van der Waals surface area (Å²) in [6.07, 6.45) is 2.15. The smallest absolute Gasteiger partial charge is 0.0479 e. The molecule has 0 saturated carbocycles. The number of rotatable bonds is 4. The fraction of sp³-hybridized carbons (Fsp3) is 0.176. The lowest BCUT2D eigenvalue weighted by Gasteiger charge is -2.11. The zero-order valence-electron chi connectivity index (χ0n) is 11.1. The van der Waals surface area contributed by atoms with Crippen LogP contribution in [0.4, 0.5) is 0 Å². The Labute approximate surface area is 113 Å². The summed E-state index contributed by atoms with van der Waals surface area (Å²) in [5.41, 5.74) is 2.68. The minimum absolute atomic E-state index is 0.901. The highest BCUT2D eigenvalue weighted by molar-refractivity contribution is 5.85. The monoisotopic (exact) mass is 250 g/mol. The second-order valence-electron chi connectivity index (χ2n) is 4.80. The largest absolute Gasteiger partial charge is 0.346 e. The van der Waals surface area contributed by atoms with Gasteiger partial charge in [-0.15, -0.1) is 0 Å². The van der Waals surface area contributed by atoms with Gasteiger partial charge in [-0.1, -0.05) is 42.5 Å². The normalized spacial score (nSPS) is 11.0. The predicted molar refractivity (Wildman–Crippen MR) is 80.2 cm³/mol. The van der Waals surface area contributed by atoms with Gasteiger partial charge in [0.1, 0.15) is 0 Å². The van der Waals surface area contributed by atoms with Gasteiger partial charge in [0.15, 0.2) is 0 Å². The number of hydrogen-bond acceptors (Lipinski definition) is 1. The molecule has 2 nitrogen and oxygen atoms in total. The van der Waals surface area contributed by atoms with E-state index in [2.05, 4.69) is 70.7 Å². The van der Waals surface area contributed by atoms with Crippen molar-refractivity contribution in [2.45, 2.75) is 13.1 Å². The van der Waals surface area contributed by atoms with Gasteiger partial charge in [-0.05, 0) is 35.5 Å². The molecule has 0 radical (unpaired) electrons. The molecule has 0 atom stereocenters. The molecule has 0 amide bonds. The molecular weight excluding hydrogens is 232 g/mol. The van der Waals surface area contributed by atoms with Crippen LogP contribution in [0.25, 0.3) is 10.8 Å². The van der Waals surface area contributed by atoms with Crippen molar-refractivity contribution in [1.82, 2.24) is 9.88 Å². The van der Waals surface area contributed by atoms with Crippen molar-refractivity contribution in [3.8, 4) is 0 Å². The summed E-state index contributed by atoms with van der Waals surface area (Å²) in [6, 6.07) is 19.4. The van der Waals surface area contributed by atoms with Crippen LogP contribution in [0.15, 0.2) is 60.8 Å². The Morgan fingerprint density at radius 3 is 2.68 bits per heavy atom. The van der Waals surface area contributed by atoms with E-state index in [1.54, 1.807) is 0 Å². The lowest BCUT2D eigenvalue weighted by Crippen LogP contribution is -2.11. The molecule has 2 aromatic carbocycles. The molecule has 0 bridgehead atoms. The Morgan fingerprint density at radius 2 is 1.79 bits per heavy atom. The molecule has 3 rings (SSSR count). The van der Waals surface area contributed by atoms with E-state index >= 15 is 0 Å². The second kappa shape index (κ2) is 5.29. The molecule has 1 heterocycles. The van der Waals surface area contributed by atoms with Crippen LogP contribution in [-0.4, -0.2) is 11.6 Å². The van der Waals surface area contributed by atoms with Gasteiger partial charge in [0.05, 0.1) is 0 Å². The highest BCUT2D eigenvalue weighted by atomic mass is 15.0. The first-order chi connectivity index (χ1) is 9.38. The first kappa shape index (κ1) is 12.0. The van der Waals surface area contributed by atoms with Crippen LogP contribution in [0.1, 0.15) is 11.3 Å². The van der Waals surface area contributed by atoms with E-state index < -0.39 is 0 Å². The fourth-order valence-corrected chi connectivity index (χ4v) is 2.56. The maximum absolute atomic E-state index is 3.21. The molecule has 3 aromatic rings. The van der Waals surface area contributed by atoms with Crippen LogP contribution in [-0.2, 0) is 13.1 Å². The summed E-state index contributed by atoms with van der Waals surface area (Å²) >= 11 is 0. The molecule has 0 spiro atoms. The van der Waals surface area contributed by atoms with Gasteiger partial charge in [0.25, 0.3) is 0 Å². The second-order valence-corrected chi connectivity index (χ2v) is 4.80. The highest BCUT2D eigenvalue weighted by Gasteiger charge is 2.04. The van der Waals surface area contributed by atoms with Gasteiger partial charge < -0.3 is 9.88 Å². The van der Waals surface area contributed by atoms with E-state index in [1.807, 2.05) is 7.05 Å². The average molecular weight is 250 g/mol. The number of nitrogens with zero attached hydrogens (tertiary/aromatic N) is 1. The molecular formula is C17H18N2. The molecule has 0 unspecified atom stereocenters. The van der Waals surface area contributed by atoms with Gasteiger partial charge in [0.2, 0.25) is 0 Å². The van der Waals surface area contributed by atoms with Crippen LogP contribution in [0.2, 0.25) is 0 Å². The first-order valence-corrected chi connectivity index (χ1v) is 6.64. The standard InChI is InChI=1S/C17H18N2/c1-18-12-16-9-5-11-19(16)13-15-8-4-7-14-6-2-3-10-17(14)15/h2-11,18H,12-13H2,1H3. The maximum Gasteiger partial charge on any atom is 0.0479 e. The maximum atomic E-state index is 3.21. The van der Waals surface area contributed by atoms with Crippen LogP contribution < -0.4 is 5.32 Å². The van der Waals surface area contributed by atoms with E-state index in [1.165, 1.54) is 22.0 Å². The Balaban J connectivity index is 1.99. The quantitative estimate of drug-likeness (QED) is 0.751. The van der Waals surface area contributed by atoms with Gasteiger partial charge in [0, 0.05) is 25.0 Å². The molecule has 0 aliphatic carbocycles. The number of fused-ring (bicyclic) bond motifs is 1. The van der Waals surface area contributed by atoms with Crippen molar-refractivity contribution in [2.75, 3.05) is 7.05 Å². The van der Waals surface area contributed by atoms with E-state index in [-0.39, 0.29) is 0 Å². The Bertz CT molecular complexity index is 677. The summed E-state index contributed by atoms with van der Waals surface area (Å²) in [5, 5.41) is 5.86. The van der Waals surface area contributed by atoms with Crippen molar-refractivity contribution in [2.24, 2.45) is 0 Å². The predicted octanol–water partition coefficient (Wildman–Crippen LogP) is 3.41. The van der Waals surface area contributed by atoms with Crippen molar-refractivity contribution >= 4 is 10.8 Å². The zero-order chi connectivity index (χ0) is 13.1. The third kappa shape index (κ3) is 2.40. The topological polar surface area (TPSA) is 17.0 Å². The fourth-order valence-electron chi connectivity index (χ4n) is 2.56. The van der Waals surface area contributed by atoms with Crippen LogP contribution in [0, 0.1) is 0 Å². The Kier molecular flexibility index (Phi) is 3.34. The third-order valence-electron chi connectivity index (χ3n) is 3.50. The minimum atomic E-state index is 0.901. The van der Waals surface area contributed by atoms with Gasteiger partial charge >= 0.3 is 0 Å². The Hall–Kier alpha value is -2.06. The molecule has 0 saturated heterocycles. The Morgan fingerprint density at radius 1 is 0.947 bits per heavy atom. The summed E-state index contributed by atoms with van der Waals surface area (Å²) < 4.78 is 2.30. The molecule has 0 aliphatic heterocycles. The molecule has 0 fully saturated rings. The number of benzene rings is 2. The van der Waals surface area contributed by atoms with E-state index in [4.69, 9.17) is 0 Å². The number of nitrogens with one attached hydrogen (secondary N) is 1. The van der Waals surface area contributed by atoms with Crippen LogP contribution >= 0.6 is 0 Å². The van der Waals surface area contributed by atoms with Crippen molar-refractivity contribution < 1.29 is 0 Å². The van der Waals surface area contributed by atoms with E-state index in [9.17, 15) is 0 Å². The lowest BCUT2D eigenvalue weighted by molar-refractivity contribution is 0.696. The minimum Gasteiger partial charge on any atom is -0.346 e. The lowest BCUT2D eigenvalue weighted by atomic mass is 10.0. The van der Waals surface area contributed by atoms with Crippen molar-refractivity contribution in [3.05, 3.63) is 72.1 Å². The molecule has 1 N–H and O–H groups in total. The van der Waals surface area contributed by atoms with Crippen molar-refractivity contribution in [1.29, 1.82) is 0 Å². The van der Waals surface area contributed by atoms with Gasteiger partial charge in [-0.2, -0.15) is 0 Å². The number of hydrogen-bond donors (Lipinski definition) is 1. The summed E-state index contributed by atoms with van der Waals surface area (Å²) in [7, 11) is 1.98. The average Bonchev–Trinajstić information content (AvgIpc) is 2.87. The third-order valence-corrected chi connectivity index (χ3v) is 3.50. The highest BCUT2D eigenvalue weighted by Crippen LogP contribution is 2.20. The van der Waals surface area contributed by atoms with Gasteiger partial charge in [-0.25, -0.2) is 0 Å². The SMILES string of the molecule is CNCc1cccn1Cc1cccc2ccccc12. The summed E-state index contributed by atoms with van der Waals surface area (Å²) in [5.74, 6) is 0. The summed E-state index contributed by atoms with van der Waals surface area (Å²) in [4.78, 5) is 0. The molecule has 19 heavy (non-hydrogen) atoms. The van der Waals surface area contributed by atoms with Crippen molar-refractivity contribution in [3.63, 3.8) is 0 Å². The summed E-state index contributed by atoms with van der Waals surface area (Å²) in [6.45, 7) is 1.82. The molecule has 1 aromatic heterocycles. The van der Waals surface area contributed by atoms with E-state index in [0.717, 1.165) is 13.1 Å². The van der Waals surface area contributed by atoms with Crippen LogP contribution in [0.3, 0.4) is 0 Å². The first-order valence-electron chi connectivity index (χ1n) is 6.64. The number of aromatic nitrogens is 1. The zero-order valence-corrected chi connectivity index (χ0v) is 11.1. The molecule has 96 valence electrons. The van der Waals surface area contributed by atoms with E-state index in [0.29, 0.717) is 0 Å². The molecule has 0 aliphatic rings. The van der Waals surface area contributed by atoms with Crippen LogP contribution in [0.5, 0.6) is 0 Å². The molecule has 2 heteroatoms. The van der Waals surface area contributed by atoms with Gasteiger partial charge in [-0.3, -0.25) is 0 Å².